The maximum atomic E-state index is 12.4. The fourth-order valence-corrected chi connectivity index (χ4v) is 2.14. The molecule has 1 aromatic rings. The van der Waals surface area contributed by atoms with Crippen LogP contribution in [0.3, 0.4) is 0 Å². The van der Waals surface area contributed by atoms with Gasteiger partial charge >= 0.3 is 6.18 Å². The molecule has 1 unspecified atom stereocenters. The molecule has 2 saturated heterocycles. The first-order valence-electron chi connectivity index (χ1n) is 6.27. The summed E-state index contributed by atoms with van der Waals surface area (Å²) in [6.45, 7) is 1.68. The molecule has 0 aliphatic carbocycles. The average Bonchev–Trinajstić information content (AvgIpc) is 3.16. The summed E-state index contributed by atoms with van der Waals surface area (Å²) in [5.41, 5.74) is 0.0729. The summed E-state index contributed by atoms with van der Waals surface area (Å²) in [7, 11) is 0. The number of rotatable bonds is 3. The Hall–Kier alpha value is -1.76. The number of alkyl halides is 3. The predicted octanol–water partition coefficient (Wildman–Crippen LogP) is 1.41. The molecule has 2 aliphatic heterocycles. The molecule has 1 aromatic carbocycles. The van der Waals surface area contributed by atoms with E-state index in [1.807, 2.05) is 4.90 Å². The fourth-order valence-electron chi connectivity index (χ4n) is 2.14. The number of benzene rings is 1. The van der Waals surface area contributed by atoms with E-state index < -0.39 is 11.7 Å². The van der Waals surface area contributed by atoms with E-state index in [4.69, 9.17) is 4.74 Å². The van der Waals surface area contributed by atoms with E-state index in [2.05, 4.69) is 5.32 Å². The average molecular weight is 286 g/mol. The molecule has 0 spiro atoms. The van der Waals surface area contributed by atoms with Gasteiger partial charge in [0.15, 0.2) is 6.10 Å². The molecule has 4 nitrogen and oxygen atoms in total. The first kappa shape index (κ1) is 13.2. The minimum atomic E-state index is -4.31. The zero-order valence-electron chi connectivity index (χ0n) is 10.5. The summed E-state index contributed by atoms with van der Waals surface area (Å²) in [6.07, 6.45) is -4.62. The second-order valence-corrected chi connectivity index (χ2v) is 4.98. The molecule has 0 radical (unpaired) electrons. The zero-order valence-corrected chi connectivity index (χ0v) is 10.5. The number of amides is 1. The number of nitrogens with one attached hydrogen (secondary N) is 1. The molecule has 20 heavy (non-hydrogen) atoms. The van der Waals surface area contributed by atoms with Gasteiger partial charge in [-0.3, -0.25) is 4.79 Å². The molecule has 0 bridgehead atoms. The van der Waals surface area contributed by atoms with Gasteiger partial charge in [0.05, 0.1) is 18.2 Å². The molecule has 2 heterocycles. The normalized spacial score (nSPS) is 22.4. The Balaban J connectivity index is 1.53. The van der Waals surface area contributed by atoms with Crippen LogP contribution < -0.4 is 10.2 Å². The van der Waals surface area contributed by atoms with Gasteiger partial charge in [-0.1, -0.05) is 0 Å². The van der Waals surface area contributed by atoms with Crippen molar-refractivity contribution < 1.29 is 22.7 Å². The van der Waals surface area contributed by atoms with Crippen LogP contribution >= 0.6 is 0 Å². The largest absolute Gasteiger partial charge is 0.416 e. The second kappa shape index (κ2) is 4.66. The van der Waals surface area contributed by atoms with Crippen LogP contribution in [0.15, 0.2) is 24.3 Å². The van der Waals surface area contributed by atoms with Gasteiger partial charge in [-0.2, -0.15) is 13.2 Å². The lowest BCUT2D eigenvalue weighted by molar-refractivity contribution is -0.137. The quantitative estimate of drug-likeness (QED) is 0.855. The van der Waals surface area contributed by atoms with Crippen LogP contribution in [0.25, 0.3) is 0 Å². The predicted molar refractivity (Wildman–Crippen MR) is 65.3 cm³/mol. The summed E-state index contributed by atoms with van der Waals surface area (Å²) in [6, 6.07) is 5.07. The third kappa shape index (κ3) is 2.72. The van der Waals surface area contributed by atoms with Crippen molar-refractivity contribution in [1.82, 2.24) is 5.32 Å². The first-order chi connectivity index (χ1) is 9.43. The van der Waals surface area contributed by atoms with E-state index in [0.717, 1.165) is 17.8 Å². The monoisotopic (exact) mass is 286 g/mol. The SMILES string of the molecule is O=C(NC1CN(c2ccc(C(F)(F)F)cc2)C1)C1CO1. The molecular weight excluding hydrogens is 273 g/mol. The molecule has 0 saturated carbocycles. The van der Waals surface area contributed by atoms with Crippen LogP contribution in [0.4, 0.5) is 18.9 Å². The molecule has 1 amide bonds. The van der Waals surface area contributed by atoms with Gasteiger partial charge in [0.2, 0.25) is 0 Å². The maximum absolute atomic E-state index is 12.4. The van der Waals surface area contributed by atoms with Crippen LogP contribution in [-0.2, 0) is 15.7 Å². The van der Waals surface area contributed by atoms with Crippen molar-refractivity contribution in [3.63, 3.8) is 0 Å². The van der Waals surface area contributed by atoms with Crippen LogP contribution in [-0.4, -0.2) is 37.7 Å². The highest BCUT2D eigenvalue weighted by Gasteiger charge is 2.36. The zero-order chi connectivity index (χ0) is 14.3. The highest BCUT2D eigenvalue weighted by molar-refractivity contribution is 5.83. The van der Waals surface area contributed by atoms with Crippen molar-refractivity contribution >= 4 is 11.6 Å². The summed E-state index contributed by atoms with van der Waals surface area (Å²) >= 11 is 0. The first-order valence-corrected chi connectivity index (χ1v) is 6.27. The van der Waals surface area contributed by atoms with Crippen molar-refractivity contribution in [1.29, 1.82) is 0 Å². The number of anilines is 1. The number of nitrogens with zero attached hydrogens (tertiary/aromatic N) is 1. The van der Waals surface area contributed by atoms with E-state index in [1.165, 1.54) is 12.1 Å². The van der Waals surface area contributed by atoms with Gasteiger partial charge in [-0.15, -0.1) is 0 Å². The Bertz CT molecular complexity index is 505. The number of carbonyl (C=O) groups is 1. The fraction of sp³-hybridized carbons (Fsp3) is 0.462. The summed E-state index contributed by atoms with van der Waals surface area (Å²) < 4.78 is 42.2. The molecule has 1 atom stereocenters. The highest BCUT2D eigenvalue weighted by Crippen LogP contribution is 2.31. The van der Waals surface area contributed by atoms with E-state index >= 15 is 0 Å². The van der Waals surface area contributed by atoms with Crippen molar-refractivity contribution in [2.24, 2.45) is 0 Å². The second-order valence-electron chi connectivity index (χ2n) is 4.98. The summed E-state index contributed by atoms with van der Waals surface area (Å²) in [4.78, 5) is 13.3. The minimum Gasteiger partial charge on any atom is -0.367 e. The Morgan fingerprint density at radius 1 is 1.25 bits per heavy atom. The van der Waals surface area contributed by atoms with Gasteiger partial charge in [0.1, 0.15) is 0 Å². The van der Waals surface area contributed by atoms with Crippen LogP contribution in [0.2, 0.25) is 0 Å². The highest BCUT2D eigenvalue weighted by atomic mass is 19.4. The third-order valence-electron chi connectivity index (χ3n) is 3.41. The number of carbonyl (C=O) groups excluding carboxylic acids is 1. The smallest absolute Gasteiger partial charge is 0.367 e. The van der Waals surface area contributed by atoms with E-state index in [9.17, 15) is 18.0 Å². The molecular formula is C13H13F3N2O2. The van der Waals surface area contributed by atoms with Gasteiger partial charge in [0.25, 0.3) is 5.91 Å². The van der Waals surface area contributed by atoms with E-state index in [-0.39, 0.29) is 18.1 Å². The molecule has 1 N–H and O–H groups in total. The number of hydrogen-bond donors (Lipinski definition) is 1. The molecule has 2 fully saturated rings. The van der Waals surface area contributed by atoms with Crippen molar-refractivity contribution in [3.8, 4) is 0 Å². The van der Waals surface area contributed by atoms with E-state index in [1.54, 1.807) is 0 Å². The Morgan fingerprint density at radius 2 is 1.85 bits per heavy atom. The summed E-state index contributed by atoms with van der Waals surface area (Å²) in [5, 5.41) is 2.83. The lowest BCUT2D eigenvalue weighted by Gasteiger charge is -2.41. The number of hydrogen-bond acceptors (Lipinski definition) is 3. The third-order valence-corrected chi connectivity index (χ3v) is 3.41. The molecule has 2 aliphatic rings. The van der Waals surface area contributed by atoms with Crippen molar-refractivity contribution in [2.75, 3.05) is 24.6 Å². The molecule has 3 rings (SSSR count). The Kier molecular flexibility index (Phi) is 3.08. The van der Waals surface area contributed by atoms with Crippen LogP contribution in [0.1, 0.15) is 5.56 Å². The maximum Gasteiger partial charge on any atom is 0.416 e. The van der Waals surface area contributed by atoms with Crippen molar-refractivity contribution in [3.05, 3.63) is 29.8 Å². The standard InChI is InChI=1S/C13H13F3N2O2/c14-13(15,16)8-1-3-10(4-2-8)18-5-9(6-18)17-12(19)11-7-20-11/h1-4,9,11H,5-7H2,(H,17,19). The van der Waals surface area contributed by atoms with Gasteiger partial charge < -0.3 is 15.0 Å². The Labute approximate surface area is 113 Å². The van der Waals surface area contributed by atoms with Gasteiger partial charge in [0, 0.05) is 18.8 Å². The number of halogens is 3. The molecule has 108 valence electrons. The van der Waals surface area contributed by atoms with Crippen molar-refractivity contribution in [2.45, 2.75) is 18.3 Å². The topological polar surface area (TPSA) is 44.9 Å². The van der Waals surface area contributed by atoms with E-state index in [0.29, 0.717) is 19.7 Å². The number of epoxide rings is 1. The number of ether oxygens (including phenoxy) is 1. The lowest BCUT2D eigenvalue weighted by atomic mass is 10.1. The Morgan fingerprint density at radius 3 is 2.35 bits per heavy atom. The molecule has 7 heteroatoms. The van der Waals surface area contributed by atoms with Gasteiger partial charge in [-0.25, -0.2) is 0 Å². The minimum absolute atomic E-state index is 0.0361. The lowest BCUT2D eigenvalue weighted by Crippen LogP contribution is -2.60. The van der Waals surface area contributed by atoms with Gasteiger partial charge in [-0.05, 0) is 24.3 Å². The van der Waals surface area contributed by atoms with Crippen LogP contribution in [0, 0.1) is 0 Å². The molecule has 0 aromatic heterocycles. The summed E-state index contributed by atoms with van der Waals surface area (Å²) in [5.74, 6) is -0.109. The van der Waals surface area contributed by atoms with Crippen LogP contribution in [0.5, 0.6) is 0 Å².